The molecule has 196 valence electrons. The van der Waals surface area contributed by atoms with Crippen LogP contribution in [0.3, 0.4) is 0 Å². The summed E-state index contributed by atoms with van der Waals surface area (Å²) in [5, 5.41) is 7.03. The molecule has 5 rings (SSSR count). The van der Waals surface area contributed by atoms with Crippen LogP contribution in [0.1, 0.15) is 63.5 Å². The number of carbonyl (C=O) groups excluding carboxylic acids is 3. The number of likely N-dealkylation sites (N-methyl/N-ethyl adjacent to an activating group) is 1. The SMILES string of the molecule is CCOC(=O)c1c(NC(=O)C(=O)NCc2c(-n3cccc3)sc3c2CCN(CC)C3)sc2c1CCCC2. The smallest absolute Gasteiger partial charge is 0.341 e. The number of carbonyl (C=O) groups is 3. The largest absolute Gasteiger partial charge is 0.462 e. The van der Waals surface area contributed by atoms with E-state index in [-0.39, 0.29) is 13.2 Å². The van der Waals surface area contributed by atoms with Crippen LogP contribution in [-0.2, 0) is 46.7 Å². The van der Waals surface area contributed by atoms with Gasteiger partial charge in [0.15, 0.2) is 0 Å². The van der Waals surface area contributed by atoms with Crippen LogP contribution in [0.25, 0.3) is 5.00 Å². The molecule has 0 radical (unpaired) electrons. The predicted molar refractivity (Wildman–Crippen MR) is 146 cm³/mol. The van der Waals surface area contributed by atoms with Crippen LogP contribution < -0.4 is 10.6 Å². The maximum absolute atomic E-state index is 12.9. The number of ether oxygens (including phenoxy) is 1. The lowest BCUT2D eigenvalue weighted by Crippen LogP contribution is -2.36. The van der Waals surface area contributed by atoms with Crippen molar-refractivity contribution in [2.24, 2.45) is 0 Å². The van der Waals surface area contributed by atoms with E-state index in [9.17, 15) is 14.4 Å². The van der Waals surface area contributed by atoms with Crippen LogP contribution in [-0.4, -0.2) is 46.9 Å². The van der Waals surface area contributed by atoms with Crippen molar-refractivity contribution < 1.29 is 19.1 Å². The number of hydrogen-bond donors (Lipinski definition) is 2. The molecule has 0 saturated heterocycles. The van der Waals surface area contributed by atoms with Crippen molar-refractivity contribution in [1.29, 1.82) is 0 Å². The maximum atomic E-state index is 12.9. The summed E-state index contributed by atoms with van der Waals surface area (Å²) in [7, 11) is 0. The molecule has 37 heavy (non-hydrogen) atoms. The fourth-order valence-corrected chi connectivity index (χ4v) is 7.77. The molecule has 0 fully saturated rings. The van der Waals surface area contributed by atoms with E-state index in [1.165, 1.54) is 21.8 Å². The lowest BCUT2D eigenvalue weighted by molar-refractivity contribution is -0.136. The lowest BCUT2D eigenvalue weighted by Gasteiger charge is -2.25. The zero-order valence-corrected chi connectivity index (χ0v) is 22.9. The highest BCUT2D eigenvalue weighted by Gasteiger charge is 2.29. The Morgan fingerprint density at radius 2 is 1.76 bits per heavy atom. The molecule has 0 saturated carbocycles. The van der Waals surface area contributed by atoms with Gasteiger partial charge in [-0.25, -0.2) is 4.79 Å². The number of nitrogens with zero attached hydrogens (tertiary/aromatic N) is 2. The Morgan fingerprint density at radius 1 is 0.973 bits per heavy atom. The van der Waals surface area contributed by atoms with Gasteiger partial charge in [0.05, 0.1) is 12.2 Å². The first-order valence-corrected chi connectivity index (χ1v) is 14.5. The predicted octanol–water partition coefficient (Wildman–Crippen LogP) is 4.29. The third kappa shape index (κ3) is 5.23. The molecule has 3 aromatic rings. The third-order valence-electron chi connectivity index (χ3n) is 7.02. The number of fused-ring (bicyclic) bond motifs is 2. The van der Waals surface area contributed by atoms with Crippen molar-refractivity contribution in [2.45, 2.75) is 59.0 Å². The van der Waals surface area contributed by atoms with Gasteiger partial charge in [-0.2, -0.15) is 0 Å². The van der Waals surface area contributed by atoms with Gasteiger partial charge in [0.25, 0.3) is 0 Å². The molecule has 0 aromatic carbocycles. The number of amides is 2. The summed E-state index contributed by atoms with van der Waals surface area (Å²) >= 11 is 3.13. The fraction of sp³-hybridized carbons (Fsp3) is 0.444. The Hall–Kier alpha value is -2.95. The molecule has 1 aliphatic heterocycles. The second kappa shape index (κ2) is 11.2. The maximum Gasteiger partial charge on any atom is 0.341 e. The number of nitrogens with one attached hydrogen (secondary N) is 2. The Labute approximate surface area is 224 Å². The number of aryl methyl sites for hydroxylation is 1. The van der Waals surface area contributed by atoms with E-state index in [2.05, 4.69) is 27.0 Å². The average Bonchev–Trinajstić information content (AvgIpc) is 3.63. The van der Waals surface area contributed by atoms with Crippen LogP contribution in [0.4, 0.5) is 5.00 Å². The minimum atomic E-state index is -0.770. The highest BCUT2D eigenvalue weighted by molar-refractivity contribution is 7.17. The van der Waals surface area contributed by atoms with Gasteiger partial charge in [-0.3, -0.25) is 14.5 Å². The molecule has 4 heterocycles. The van der Waals surface area contributed by atoms with Crippen molar-refractivity contribution in [3.63, 3.8) is 0 Å². The van der Waals surface area contributed by atoms with E-state index in [4.69, 9.17) is 4.74 Å². The van der Waals surface area contributed by atoms with Gasteiger partial charge >= 0.3 is 17.8 Å². The summed E-state index contributed by atoms with van der Waals surface area (Å²) in [6, 6.07) is 3.96. The highest BCUT2D eigenvalue weighted by atomic mass is 32.1. The number of aromatic nitrogens is 1. The lowest BCUT2D eigenvalue weighted by atomic mass is 9.95. The molecule has 2 aliphatic rings. The van der Waals surface area contributed by atoms with E-state index in [0.29, 0.717) is 10.6 Å². The van der Waals surface area contributed by atoms with Crippen LogP contribution in [0.15, 0.2) is 24.5 Å². The van der Waals surface area contributed by atoms with Gasteiger partial charge < -0.3 is 19.9 Å². The Balaban J connectivity index is 1.33. The van der Waals surface area contributed by atoms with E-state index < -0.39 is 17.8 Å². The number of thiophene rings is 2. The molecular weight excluding hydrogens is 508 g/mol. The topological polar surface area (TPSA) is 92.7 Å². The molecule has 0 bridgehead atoms. The average molecular weight is 541 g/mol. The first kappa shape index (κ1) is 25.7. The Kier molecular flexibility index (Phi) is 7.78. The van der Waals surface area contributed by atoms with E-state index >= 15 is 0 Å². The molecule has 8 nitrogen and oxygen atoms in total. The first-order valence-electron chi connectivity index (χ1n) is 12.9. The second-order valence-corrected chi connectivity index (χ2v) is 11.5. The quantitative estimate of drug-likeness (QED) is 0.345. The van der Waals surface area contributed by atoms with Crippen LogP contribution in [0, 0.1) is 0 Å². The molecule has 2 N–H and O–H groups in total. The molecule has 0 spiro atoms. The Bertz CT molecular complexity index is 1310. The monoisotopic (exact) mass is 540 g/mol. The van der Waals surface area contributed by atoms with Crippen LogP contribution >= 0.6 is 22.7 Å². The standard InChI is InChI=1S/C27H32N4O4S2/c1-3-30-14-11-17-19(26(37-21(17)16-30)31-12-7-8-13-31)15-28-23(32)24(33)29-25-22(27(34)35-4-2)18-9-5-6-10-20(18)36-25/h7-8,12-13H,3-6,9-11,14-16H2,1-2H3,(H,28,32)(H,29,33). The molecule has 0 atom stereocenters. The van der Waals surface area contributed by atoms with Crippen LogP contribution in [0.2, 0.25) is 0 Å². The normalized spacial score (nSPS) is 15.1. The van der Waals surface area contributed by atoms with Gasteiger partial charge in [0.2, 0.25) is 0 Å². The van der Waals surface area contributed by atoms with Crippen LogP contribution in [0.5, 0.6) is 0 Å². The van der Waals surface area contributed by atoms with Gasteiger partial charge in [-0.1, -0.05) is 6.92 Å². The van der Waals surface area contributed by atoms with Gasteiger partial charge in [0.1, 0.15) is 10.0 Å². The number of rotatable bonds is 7. The van der Waals surface area contributed by atoms with Gasteiger partial charge in [-0.15, -0.1) is 22.7 Å². The summed E-state index contributed by atoms with van der Waals surface area (Å²) in [5.41, 5.74) is 3.69. The molecule has 0 unspecified atom stereocenters. The molecule has 3 aromatic heterocycles. The van der Waals surface area contributed by atoms with E-state index in [1.807, 2.05) is 24.5 Å². The van der Waals surface area contributed by atoms with Crippen molar-refractivity contribution in [3.8, 4) is 5.00 Å². The Morgan fingerprint density at radius 3 is 2.51 bits per heavy atom. The highest BCUT2D eigenvalue weighted by Crippen LogP contribution is 2.39. The minimum absolute atomic E-state index is 0.252. The zero-order valence-electron chi connectivity index (χ0n) is 21.2. The molecule has 2 amide bonds. The molecule has 10 heteroatoms. The number of esters is 1. The summed E-state index contributed by atoms with van der Waals surface area (Å²) in [6.07, 6.45) is 8.62. The summed E-state index contributed by atoms with van der Waals surface area (Å²) in [4.78, 5) is 43.3. The van der Waals surface area contributed by atoms with Crippen molar-refractivity contribution in [3.05, 3.63) is 56.5 Å². The summed E-state index contributed by atoms with van der Waals surface area (Å²) < 4.78 is 7.33. The number of hydrogen-bond acceptors (Lipinski definition) is 7. The van der Waals surface area contributed by atoms with Crippen molar-refractivity contribution in [2.75, 3.05) is 25.0 Å². The van der Waals surface area contributed by atoms with Crippen molar-refractivity contribution in [1.82, 2.24) is 14.8 Å². The van der Waals surface area contributed by atoms with E-state index in [1.54, 1.807) is 18.3 Å². The minimum Gasteiger partial charge on any atom is -0.462 e. The zero-order chi connectivity index (χ0) is 25.9. The van der Waals surface area contributed by atoms with E-state index in [0.717, 1.165) is 72.7 Å². The second-order valence-electron chi connectivity index (χ2n) is 9.27. The summed E-state index contributed by atoms with van der Waals surface area (Å²) in [6.45, 7) is 7.33. The molecule has 1 aliphatic carbocycles. The summed E-state index contributed by atoms with van der Waals surface area (Å²) in [5.74, 6) is -1.93. The van der Waals surface area contributed by atoms with Gasteiger partial charge in [-0.05, 0) is 68.8 Å². The first-order chi connectivity index (χ1) is 18.0. The number of anilines is 1. The van der Waals surface area contributed by atoms with Gasteiger partial charge in [0, 0.05) is 47.3 Å². The third-order valence-corrected chi connectivity index (χ3v) is 9.50. The van der Waals surface area contributed by atoms with Crippen molar-refractivity contribution >= 4 is 45.5 Å². The molecular formula is C27H32N4O4S2. The fourth-order valence-electron chi connectivity index (χ4n) is 5.12.